The van der Waals surface area contributed by atoms with Crippen molar-refractivity contribution in [3.63, 3.8) is 0 Å². The van der Waals surface area contributed by atoms with Crippen LogP contribution in [0, 0.1) is 0 Å². The normalized spacial score (nSPS) is 31.4. The first-order valence-electron chi connectivity index (χ1n) is 5.92. The average molecular weight is 316 g/mol. The third kappa shape index (κ3) is 4.58. The maximum atomic E-state index is 10.6. The Balaban J connectivity index is 2.66. The number of nitrogens with zero attached hydrogens (tertiary/aromatic N) is 1. The number of β-amino-alcohol motifs (C(OH)–C–C–N with tert-alkyl or cyclic N) is 1. The number of aliphatic hydroxyl groups excluding tert-OH is 4. The molecule has 7 N–H and O–H groups in total. The summed E-state index contributed by atoms with van der Waals surface area (Å²) in [6.07, 6.45) is -4.01. The molecule has 0 aliphatic carbocycles. The standard InChI is InChI=1S/C9H20N2O8S/c10-5-1-11(6(3-12)9(5)15)2-7(14)8(4-13)19-20(16,17)18/h5-9,12-15H,1-4,10H2,(H,16,17,18)/t5-,6-,7-,8+,9+/m1/s1. The highest BCUT2D eigenvalue weighted by Gasteiger charge is 2.40. The lowest BCUT2D eigenvalue weighted by Gasteiger charge is -2.28. The van der Waals surface area contributed by atoms with Crippen molar-refractivity contribution in [1.29, 1.82) is 0 Å². The maximum absolute atomic E-state index is 10.6. The summed E-state index contributed by atoms with van der Waals surface area (Å²) in [5, 5.41) is 37.6. The van der Waals surface area contributed by atoms with Crippen LogP contribution >= 0.6 is 0 Å². The van der Waals surface area contributed by atoms with Crippen molar-refractivity contribution in [2.24, 2.45) is 5.73 Å². The van der Waals surface area contributed by atoms with E-state index in [-0.39, 0.29) is 13.1 Å². The molecule has 0 saturated carbocycles. The van der Waals surface area contributed by atoms with Crippen LogP contribution in [0.1, 0.15) is 0 Å². The first-order valence-corrected chi connectivity index (χ1v) is 7.29. The molecule has 1 aliphatic heterocycles. The van der Waals surface area contributed by atoms with Gasteiger partial charge in [0.2, 0.25) is 0 Å². The largest absolute Gasteiger partial charge is 0.397 e. The van der Waals surface area contributed by atoms with E-state index in [0.29, 0.717) is 0 Å². The van der Waals surface area contributed by atoms with Gasteiger partial charge in [0.1, 0.15) is 6.10 Å². The lowest BCUT2D eigenvalue weighted by atomic mass is 10.1. The van der Waals surface area contributed by atoms with Gasteiger partial charge in [0.05, 0.1) is 31.5 Å². The van der Waals surface area contributed by atoms with Crippen molar-refractivity contribution in [1.82, 2.24) is 4.90 Å². The van der Waals surface area contributed by atoms with Gasteiger partial charge in [0, 0.05) is 19.1 Å². The summed E-state index contributed by atoms with van der Waals surface area (Å²) in [5.74, 6) is 0. The smallest absolute Gasteiger partial charge is 0.395 e. The summed E-state index contributed by atoms with van der Waals surface area (Å²) < 4.78 is 33.8. The molecule has 1 rings (SSSR count). The highest BCUT2D eigenvalue weighted by atomic mass is 32.3. The average Bonchev–Trinajstić information content (AvgIpc) is 2.60. The molecular weight excluding hydrogens is 296 g/mol. The molecule has 5 atom stereocenters. The Morgan fingerprint density at radius 3 is 2.45 bits per heavy atom. The Kier molecular flexibility index (Phi) is 6.25. The number of nitrogens with two attached hydrogens (primary N) is 1. The van der Waals surface area contributed by atoms with Gasteiger partial charge in [-0.3, -0.25) is 9.45 Å². The van der Waals surface area contributed by atoms with E-state index >= 15 is 0 Å². The first-order chi connectivity index (χ1) is 9.19. The van der Waals surface area contributed by atoms with E-state index in [0.717, 1.165) is 0 Å². The molecule has 1 saturated heterocycles. The summed E-state index contributed by atoms with van der Waals surface area (Å²) in [6.45, 7) is -1.26. The van der Waals surface area contributed by atoms with E-state index in [4.69, 9.17) is 20.5 Å². The van der Waals surface area contributed by atoms with Gasteiger partial charge in [-0.05, 0) is 0 Å². The van der Waals surface area contributed by atoms with Gasteiger partial charge in [-0.15, -0.1) is 0 Å². The fraction of sp³-hybridized carbons (Fsp3) is 1.00. The minimum atomic E-state index is -4.82. The summed E-state index contributed by atoms with van der Waals surface area (Å²) >= 11 is 0. The van der Waals surface area contributed by atoms with Gasteiger partial charge in [0.15, 0.2) is 0 Å². The summed E-state index contributed by atoms with van der Waals surface area (Å²) in [4.78, 5) is 1.45. The van der Waals surface area contributed by atoms with Gasteiger partial charge in [-0.2, -0.15) is 8.42 Å². The molecule has 0 aromatic carbocycles. The lowest BCUT2D eigenvalue weighted by Crippen LogP contribution is -2.47. The molecule has 10 nitrogen and oxygen atoms in total. The van der Waals surface area contributed by atoms with Crippen LogP contribution in [-0.2, 0) is 14.6 Å². The second-order valence-corrected chi connectivity index (χ2v) is 5.72. The van der Waals surface area contributed by atoms with Crippen LogP contribution in [0.5, 0.6) is 0 Å². The van der Waals surface area contributed by atoms with Crippen LogP contribution in [0.3, 0.4) is 0 Å². The molecule has 20 heavy (non-hydrogen) atoms. The molecule has 0 aromatic heterocycles. The van der Waals surface area contributed by atoms with Crippen molar-refractivity contribution < 1.29 is 37.6 Å². The predicted molar refractivity (Wildman–Crippen MR) is 65.9 cm³/mol. The number of hydrogen-bond donors (Lipinski definition) is 6. The van der Waals surface area contributed by atoms with E-state index in [2.05, 4.69) is 4.18 Å². The molecule has 120 valence electrons. The molecular formula is C9H20N2O8S. The maximum Gasteiger partial charge on any atom is 0.397 e. The molecule has 0 radical (unpaired) electrons. The molecule has 1 fully saturated rings. The van der Waals surface area contributed by atoms with Gasteiger partial charge in [-0.1, -0.05) is 0 Å². The quantitative estimate of drug-likeness (QED) is 0.253. The molecule has 1 heterocycles. The third-order valence-electron chi connectivity index (χ3n) is 3.21. The first kappa shape index (κ1) is 17.7. The van der Waals surface area contributed by atoms with E-state index in [1.165, 1.54) is 4.90 Å². The Morgan fingerprint density at radius 2 is 2.00 bits per heavy atom. The van der Waals surface area contributed by atoms with Gasteiger partial charge < -0.3 is 26.2 Å². The SMILES string of the molecule is N[C@@H]1CN(C[C@@H](O)[C@H](CO)OS(=O)(=O)O)[C@H](CO)[C@H]1O. The van der Waals surface area contributed by atoms with Crippen molar-refractivity contribution in [3.8, 4) is 0 Å². The number of aliphatic hydroxyl groups is 4. The van der Waals surface area contributed by atoms with E-state index < -0.39 is 54.0 Å². The Morgan fingerprint density at radius 1 is 1.40 bits per heavy atom. The molecule has 0 aromatic rings. The fourth-order valence-corrected chi connectivity index (χ4v) is 2.68. The van der Waals surface area contributed by atoms with Crippen LogP contribution in [0.4, 0.5) is 0 Å². The zero-order valence-electron chi connectivity index (χ0n) is 10.6. The topological polar surface area (TPSA) is 174 Å². The molecule has 0 bridgehead atoms. The van der Waals surface area contributed by atoms with E-state index in [9.17, 15) is 18.6 Å². The van der Waals surface area contributed by atoms with Crippen molar-refractivity contribution >= 4 is 10.4 Å². The Labute approximate surface area is 116 Å². The highest BCUT2D eigenvalue weighted by Crippen LogP contribution is 2.18. The second-order valence-electron chi connectivity index (χ2n) is 4.67. The van der Waals surface area contributed by atoms with Crippen molar-refractivity contribution in [3.05, 3.63) is 0 Å². The van der Waals surface area contributed by atoms with Crippen LogP contribution in [0.2, 0.25) is 0 Å². The lowest BCUT2D eigenvalue weighted by molar-refractivity contribution is -0.0278. The minimum absolute atomic E-state index is 0.174. The van der Waals surface area contributed by atoms with Gasteiger partial charge >= 0.3 is 10.4 Å². The second kappa shape index (κ2) is 7.06. The molecule has 0 amide bonds. The minimum Gasteiger partial charge on any atom is -0.395 e. The van der Waals surface area contributed by atoms with E-state index in [1.807, 2.05) is 0 Å². The van der Waals surface area contributed by atoms with Crippen molar-refractivity contribution in [2.75, 3.05) is 26.3 Å². The molecule has 11 heteroatoms. The molecule has 0 spiro atoms. The summed E-state index contributed by atoms with van der Waals surface area (Å²) in [5.41, 5.74) is 5.62. The van der Waals surface area contributed by atoms with Crippen molar-refractivity contribution in [2.45, 2.75) is 30.4 Å². The zero-order valence-corrected chi connectivity index (χ0v) is 11.4. The number of rotatable bonds is 7. The zero-order chi connectivity index (χ0) is 15.5. The number of likely N-dealkylation sites (tertiary alicyclic amines) is 1. The molecule has 0 unspecified atom stereocenters. The van der Waals surface area contributed by atoms with Gasteiger partial charge in [0.25, 0.3) is 0 Å². The Bertz CT molecular complexity index is 405. The van der Waals surface area contributed by atoms with Crippen LogP contribution in [-0.4, -0.2) is 95.0 Å². The number of hydrogen-bond acceptors (Lipinski definition) is 9. The monoisotopic (exact) mass is 316 g/mol. The van der Waals surface area contributed by atoms with Crippen LogP contribution in [0.25, 0.3) is 0 Å². The third-order valence-corrected chi connectivity index (χ3v) is 3.70. The molecule has 1 aliphatic rings. The summed E-state index contributed by atoms with van der Waals surface area (Å²) in [7, 11) is -4.82. The van der Waals surface area contributed by atoms with Crippen LogP contribution in [0.15, 0.2) is 0 Å². The van der Waals surface area contributed by atoms with Crippen LogP contribution < -0.4 is 5.73 Å². The summed E-state index contributed by atoms with van der Waals surface area (Å²) in [6, 6.07) is -1.32. The predicted octanol–water partition coefficient (Wildman–Crippen LogP) is -4.11. The fourth-order valence-electron chi connectivity index (χ4n) is 2.18. The Hall–Kier alpha value is -0.370. The van der Waals surface area contributed by atoms with Gasteiger partial charge in [-0.25, -0.2) is 4.18 Å². The van der Waals surface area contributed by atoms with E-state index in [1.54, 1.807) is 0 Å². The highest BCUT2D eigenvalue weighted by molar-refractivity contribution is 7.80.